The summed E-state index contributed by atoms with van der Waals surface area (Å²) in [5.74, 6) is -0.281. The van der Waals surface area contributed by atoms with Gasteiger partial charge in [-0.1, -0.05) is 127 Å². The van der Waals surface area contributed by atoms with E-state index in [9.17, 15) is 19.4 Å². The van der Waals surface area contributed by atoms with E-state index in [0.29, 0.717) is 11.0 Å². The van der Waals surface area contributed by atoms with Gasteiger partial charge in [0.2, 0.25) is 5.91 Å². The number of aliphatic hydroxyl groups excluding tert-OH is 1. The quantitative estimate of drug-likeness (QED) is 0.0298. The van der Waals surface area contributed by atoms with Crippen LogP contribution in [0.15, 0.2) is 36.5 Å². The van der Waals surface area contributed by atoms with Crippen molar-refractivity contribution in [1.29, 1.82) is 0 Å². The summed E-state index contributed by atoms with van der Waals surface area (Å²) in [6.07, 6.45) is 34.5. The Morgan fingerprint density at radius 2 is 1.20 bits per heavy atom. The van der Waals surface area contributed by atoms with Crippen molar-refractivity contribution in [3.63, 3.8) is 0 Å². The van der Waals surface area contributed by atoms with Gasteiger partial charge in [-0.05, 0) is 38.5 Å². The molecule has 3 N–H and O–H groups in total. The molecule has 0 saturated carbocycles. The lowest BCUT2D eigenvalue weighted by molar-refractivity contribution is -0.870. The number of aliphatic hydroxyl groups is 1. The molecule has 3 atom stereocenters. The fourth-order valence-corrected chi connectivity index (χ4v) is 5.42. The number of amides is 1. The Labute approximate surface area is 276 Å². The van der Waals surface area contributed by atoms with Gasteiger partial charge in [0.15, 0.2) is 0 Å². The molecule has 0 saturated heterocycles. The first-order chi connectivity index (χ1) is 21.5. The summed E-state index contributed by atoms with van der Waals surface area (Å²) in [4.78, 5) is 21.9. The largest absolute Gasteiger partial charge is 0.472 e. The fourth-order valence-electron chi connectivity index (χ4n) is 4.68. The van der Waals surface area contributed by atoms with E-state index in [1.807, 2.05) is 27.2 Å². The predicted molar refractivity (Wildman–Crippen MR) is 189 cm³/mol. The molecular formula is C36H70N2O6P+. The van der Waals surface area contributed by atoms with E-state index in [1.54, 1.807) is 13.0 Å². The SMILES string of the molecule is CCCCCCCCCCCCCCC/C=C/CC/C=C/CC/C=C/C(O)C(COP(=O)(O)OCC[N+](C)(C)C)NC(=O)CC. The zero-order valence-electron chi connectivity index (χ0n) is 29.6. The minimum atomic E-state index is -4.30. The van der Waals surface area contributed by atoms with Crippen molar-refractivity contribution in [2.45, 2.75) is 148 Å². The number of phosphoric acid groups is 1. The van der Waals surface area contributed by atoms with Crippen molar-refractivity contribution >= 4 is 13.7 Å². The standard InChI is InChI=1S/C36H69N2O6P/c1-6-8-9-10-11-12-13-14-15-16-17-18-19-20-21-22-23-24-25-26-27-28-29-30-35(39)34(37-36(40)7-2)33-44-45(41,42)43-32-31-38(3,4)5/h21-22,25-26,29-30,34-35,39H,6-20,23-24,27-28,31-33H2,1-5H3,(H-,37,40,41,42)/p+1/b22-21+,26-25+,30-29+. The van der Waals surface area contributed by atoms with Crippen LogP contribution in [-0.2, 0) is 18.4 Å². The summed E-state index contributed by atoms with van der Waals surface area (Å²) in [6.45, 7) is 4.21. The molecule has 0 spiro atoms. The third kappa shape index (κ3) is 31.1. The Bertz CT molecular complexity index is 840. The molecule has 45 heavy (non-hydrogen) atoms. The molecule has 264 valence electrons. The molecule has 0 aliphatic heterocycles. The monoisotopic (exact) mass is 657 g/mol. The smallest absolute Gasteiger partial charge is 0.387 e. The molecule has 0 aromatic carbocycles. The molecule has 0 heterocycles. The van der Waals surface area contributed by atoms with Gasteiger partial charge in [0.25, 0.3) is 0 Å². The van der Waals surface area contributed by atoms with Crippen LogP contribution in [0.5, 0.6) is 0 Å². The van der Waals surface area contributed by atoms with Crippen LogP contribution in [0.25, 0.3) is 0 Å². The molecule has 0 rings (SSSR count). The minimum absolute atomic E-state index is 0.0506. The lowest BCUT2D eigenvalue weighted by Gasteiger charge is -2.25. The number of carbonyl (C=O) groups is 1. The Hall–Kier alpha value is -1.28. The number of likely N-dealkylation sites (N-methyl/N-ethyl adjacent to an activating group) is 1. The lowest BCUT2D eigenvalue weighted by Crippen LogP contribution is -2.45. The normalized spacial score (nSPS) is 15.3. The van der Waals surface area contributed by atoms with Crippen LogP contribution in [-0.4, -0.2) is 73.4 Å². The lowest BCUT2D eigenvalue weighted by atomic mass is 10.0. The molecule has 0 aliphatic rings. The highest BCUT2D eigenvalue weighted by Gasteiger charge is 2.27. The third-order valence-electron chi connectivity index (χ3n) is 7.65. The van der Waals surface area contributed by atoms with E-state index in [4.69, 9.17) is 9.05 Å². The van der Waals surface area contributed by atoms with Crippen LogP contribution in [0.3, 0.4) is 0 Å². The van der Waals surface area contributed by atoms with E-state index in [1.165, 1.54) is 89.9 Å². The Balaban J connectivity index is 4.01. The molecular weight excluding hydrogens is 587 g/mol. The van der Waals surface area contributed by atoms with Crippen molar-refractivity contribution in [1.82, 2.24) is 5.32 Å². The maximum atomic E-state index is 12.2. The van der Waals surface area contributed by atoms with Crippen LogP contribution < -0.4 is 5.32 Å². The van der Waals surface area contributed by atoms with Crippen LogP contribution >= 0.6 is 7.82 Å². The second kappa shape index (κ2) is 28.9. The summed E-state index contributed by atoms with van der Waals surface area (Å²) in [7, 11) is 1.53. The van der Waals surface area contributed by atoms with Gasteiger partial charge in [0.1, 0.15) is 13.2 Å². The van der Waals surface area contributed by atoms with Crippen LogP contribution in [0.4, 0.5) is 0 Å². The Morgan fingerprint density at radius 3 is 1.69 bits per heavy atom. The average molecular weight is 658 g/mol. The number of allylic oxidation sites excluding steroid dienone is 5. The van der Waals surface area contributed by atoms with Gasteiger partial charge in [-0.2, -0.15) is 0 Å². The van der Waals surface area contributed by atoms with E-state index in [2.05, 4.69) is 36.5 Å². The van der Waals surface area contributed by atoms with Gasteiger partial charge in [-0.25, -0.2) is 4.57 Å². The first-order valence-corrected chi connectivity index (χ1v) is 19.4. The molecule has 0 aromatic rings. The summed E-state index contributed by atoms with van der Waals surface area (Å²) < 4.78 is 22.9. The number of rotatable bonds is 31. The highest BCUT2D eigenvalue weighted by Crippen LogP contribution is 2.43. The van der Waals surface area contributed by atoms with E-state index in [-0.39, 0.29) is 25.5 Å². The molecule has 0 bridgehead atoms. The number of hydrogen-bond acceptors (Lipinski definition) is 5. The van der Waals surface area contributed by atoms with Gasteiger partial charge in [0.05, 0.1) is 39.9 Å². The molecule has 0 aromatic heterocycles. The van der Waals surface area contributed by atoms with Crippen LogP contribution in [0, 0.1) is 0 Å². The van der Waals surface area contributed by atoms with E-state index >= 15 is 0 Å². The molecule has 3 unspecified atom stereocenters. The highest BCUT2D eigenvalue weighted by atomic mass is 31.2. The fraction of sp³-hybridized carbons (Fsp3) is 0.806. The van der Waals surface area contributed by atoms with E-state index < -0.39 is 20.0 Å². The number of quaternary nitrogens is 1. The predicted octanol–water partition coefficient (Wildman–Crippen LogP) is 8.79. The maximum Gasteiger partial charge on any atom is 0.472 e. The van der Waals surface area contributed by atoms with Gasteiger partial charge >= 0.3 is 7.82 Å². The summed E-state index contributed by atoms with van der Waals surface area (Å²) in [5.41, 5.74) is 0. The number of hydrogen-bond donors (Lipinski definition) is 3. The Kier molecular flexibility index (Phi) is 28.1. The van der Waals surface area contributed by atoms with Crippen molar-refractivity contribution in [3.8, 4) is 0 Å². The maximum absolute atomic E-state index is 12.2. The van der Waals surface area contributed by atoms with Crippen molar-refractivity contribution < 1.29 is 32.9 Å². The van der Waals surface area contributed by atoms with Crippen molar-refractivity contribution in [2.24, 2.45) is 0 Å². The van der Waals surface area contributed by atoms with Crippen LogP contribution in [0.2, 0.25) is 0 Å². The van der Waals surface area contributed by atoms with Gasteiger partial charge < -0.3 is 19.8 Å². The summed E-state index contributed by atoms with van der Waals surface area (Å²) in [6, 6.07) is -0.863. The summed E-state index contributed by atoms with van der Waals surface area (Å²) in [5, 5.41) is 13.2. The molecule has 0 radical (unpaired) electrons. The first kappa shape index (κ1) is 43.7. The number of unbranched alkanes of at least 4 members (excludes halogenated alkanes) is 15. The average Bonchev–Trinajstić information content (AvgIpc) is 2.98. The molecule has 1 amide bonds. The van der Waals surface area contributed by atoms with Crippen molar-refractivity contribution in [3.05, 3.63) is 36.5 Å². The van der Waals surface area contributed by atoms with Gasteiger partial charge in [0, 0.05) is 6.42 Å². The van der Waals surface area contributed by atoms with Crippen molar-refractivity contribution in [2.75, 3.05) is 40.9 Å². The third-order valence-corrected chi connectivity index (χ3v) is 8.64. The highest BCUT2D eigenvalue weighted by molar-refractivity contribution is 7.47. The number of nitrogens with zero attached hydrogens (tertiary/aromatic N) is 1. The molecule has 0 aliphatic carbocycles. The summed E-state index contributed by atoms with van der Waals surface area (Å²) >= 11 is 0. The van der Waals surface area contributed by atoms with Crippen LogP contribution in [0.1, 0.15) is 136 Å². The van der Waals surface area contributed by atoms with Gasteiger partial charge in [-0.15, -0.1) is 0 Å². The number of nitrogens with one attached hydrogen (secondary N) is 1. The zero-order valence-corrected chi connectivity index (χ0v) is 30.5. The van der Waals surface area contributed by atoms with Gasteiger partial charge in [-0.3, -0.25) is 13.8 Å². The number of phosphoric ester groups is 1. The molecule has 8 nitrogen and oxygen atoms in total. The molecule has 9 heteroatoms. The topological polar surface area (TPSA) is 105 Å². The Morgan fingerprint density at radius 1 is 0.733 bits per heavy atom. The second-order valence-corrected chi connectivity index (χ2v) is 14.6. The first-order valence-electron chi connectivity index (χ1n) is 17.9. The van der Waals surface area contributed by atoms with E-state index in [0.717, 1.165) is 25.7 Å². The molecule has 0 fully saturated rings. The zero-order chi connectivity index (χ0) is 33.7. The second-order valence-electron chi connectivity index (χ2n) is 13.2. The minimum Gasteiger partial charge on any atom is -0.387 e. The number of carbonyl (C=O) groups excluding carboxylic acids is 1.